The van der Waals surface area contributed by atoms with E-state index in [9.17, 15) is 14.0 Å². The number of carbonyl (C=O) groups is 2. The van der Waals surface area contributed by atoms with Crippen molar-refractivity contribution in [3.05, 3.63) is 71.0 Å². The molecule has 30 heavy (non-hydrogen) atoms. The van der Waals surface area contributed by atoms with Gasteiger partial charge in [0.1, 0.15) is 11.9 Å². The second-order valence-electron chi connectivity index (χ2n) is 8.63. The second kappa shape index (κ2) is 10.4. The van der Waals surface area contributed by atoms with Crippen LogP contribution >= 0.6 is 0 Å². The monoisotopic (exact) mass is 412 g/mol. The highest BCUT2D eigenvalue weighted by molar-refractivity contribution is 5.87. The van der Waals surface area contributed by atoms with Gasteiger partial charge in [-0.3, -0.25) is 9.59 Å². The Labute approximate surface area is 179 Å². The van der Waals surface area contributed by atoms with Gasteiger partial charge in [0.25, 0.3) is 0 Å². The molecule has 0 spiro atoms. The zero-order chi connectivity index (χ0) is 22.3. The van der Waals surface area contributed by atoms with Crippen molar-refractivity contribution in [1.29, 1.82) is 0 Å². The highest BCUT2D eigenvalue weighted by Gasteiger charge is 2.26. The molecule has 0 heterocycles. The van der Waals surface area contributed by atoms with E-state index in [1.54, 1.807) is 25.1 Å². The minimum Gasteiger partial charge on any atom is -0.355 e. The van der Waals surface area contributed by atoms with Crippen molar-refractivity contribution in [2.75, 3.05) is 6.54 Å². The number of likely N-dealkylation sites (N-methyl/N-ethyl adjacent to an activating group) is 1. The summed E-state index contributed by atoms with van der Waals surface area (Å²) in [6.45, 7) is 10.5. The van der Waals surface area contributed by atoms with Gasteiger partial charge in [0, 0.05) is 25.1 Å². The van der Waals surface area contributed by atoms with Gasteiger partial charge in [-0.2, -0.15) is 0 Å². The number of benzene rings is 2. The van der Waals surface area contributed by atoms with E-state index in [1.165, 1.54) is 16.5 Å². The smallest absolute Gasteiger partial charge is 0.242 e. The minimum absolute atomic E-state index is 0.0623. The Morgan fingerprint density at radius 2 is 1.70 bits per heavy atom. The minimum atomic E-state index is -0.680. The molecule has 162 valence electrons. The summed E-state index contributed by atoms with van der Waals surface area (Å²) in [6, 6.07) is 13.9. The third kappa shape index (κ3) is 6.41. The summed E-state index contributed by atoms with van der Waals surface area (Å²) in [5, 5.41) is 2.75. The van der Waals surface area contributed by atoms with Crippen molar-refractivity contribution in [3.63, 3.8) is 0 Å². The van der Waals surface area contributed by atoms with Crippen molar-refractivity contribution in [2.24, 2.45) is 0 Å². The molecular weight excluding hydrogens is 379 g/mol. The SMILES string of the molecule is CCNC(=O)C(C)N(Cc1ccccc1F)C(=O)CCc1ccc(C(C)(C)C)cc1. The number of nitrogens with one attached hydrogen (secondary N) is 1. The van der Waals surface area contributed by atoms with Gasteiger partial charge in [-0.1, -0.05) is 63.2 Å². The first-order valence-electron chi connectivity index (χ1n) is 10.5. The first-order chi connectivity index (χ1) is 14.1. The maximum Gasteiger partial charge on any atom is 0.242 e. The molecule has 2 amide bonds. The molecule has 1 N–H and O–H groups in total. The molecule has 2 aromatic carbocycles. The molecule has 0 bridgehead atoms. The molecule has 0 aliphatic heterocycles. The van der Waals surface area contributed by atoms with Gasteiger partial charge in [-0.15, -0.1) is 0 Å². The number of aryl methyl sites for hydroxylation is 1. The number of halogens is 1. The van der Waals surface area contributed by atoms with E-state index in [0.717, 1.165) is 5.56 Å². The fourth-order valence-corrected chi connectivity index (χ4v) is 3.28. The molecule has 0 fully saturated rings. The van der Waals surface area contributed by atoms with Crippen LogP contribution in [0.1, 0.15) is 57.7 Å². The average molecular weight is 413 g/mol. The molecule has 0 aliphatic rings. The summed E-state index contributed by atoms with van der Waals surface area (Å²) < 4.78 is 14.2. The van der Waals surface area contributed by atoms with E-state index in [-0.39, 0.29) is 36.0 Å². The fourth-order valence-electron chi connectivity index (χ4n) is 3.28. The molecule has 0 saturated heterocycles. The van der Waals surface area contributed by atoms with Crippen LogP contribution in [0.2, 0.25) is 0 Å². The van der Waals surface area contributed by atoms with Crippen LogP contribution in [0.4, 0.5) is 4.39 Å². The molecule has 1 unspecified atom stereocenters. The number of rotatable bonds is 8. The third-order valence-electron chi connectivity index (χ3n) is 5.26. The summed E-state index contributed by atoms with van der Waals surface area (Å²) in [7, 11) is 0. The Kier molecular flexibility index (Phi) is 8.16. The molecule has 0 radical (unpaired) electrons. The maximum atomic E-state index is 14.2. The number of nitrogens with zero attached hydrogens (tertiary/aromatic N) is 1. The van der Waals surface area contributed by atoms with Crippen LogP contribution in [0.5, 0.6) is 0 Å². The lowest BCUT2D eigenvalue weighted by molar-refractivity contribution is -0.140. The fraction of sp³-hybridized carbons (Fsp3) is 0.440. The van der Waals surface area contributed by atoms with E-state index in [1.807, 2.05) is 19.1 Å². The predicted octanol–water partition coefficient (Wildman–Crippen LogP) is 4.61. The number of hydrogen-bond donors (Lipinski definition) is 1. The highest BCUT2D eigenvalue weighted by atomic mass is 19.1. The van der Waals surface area contributed by atoms with Crippen molar-refractivity contribution in [3.8, 4) is 0 Å². The largest absolute Gasteiger partial charge is 0.355 e. The first-order valence-corrected chi connectivity index (χ1v) is 10.5. The lowest BCUT2D eigenvalue weighted by Crippen LogP contribution is -2.47. The molecular formula is C25H33FN2O2. The number of hydrogen-bond acceptors (Lipinski definition) is 2. The lowest BCUT2D eigenvalue weighted by Gasteiger charge is -2.29. The van der Waals surface area contributed by atoms with E-state index in [2.05, 4.69) is 38.2 Å². The van der Waals surface area contributed by atoms with E-state index in [4.69, 9.17) is 0 Å². The number of amides is 2. The van der Waals surface area contributed by atoms with E-state index in [0.29, 0.717) is 18.5 Å². The topological polar surface area (TPSA) is 49.4 Å². The van der Waals surface area contributed by atoms with Gasteiger partial charge in [-0.25, -0.2) is 4.39 Å². The van der Waals surface area contributed by atoms with Gasteiger partial charge < -0.3 is 10.2 Å². The maximum absolute atomic E-state index is 14.2. The highest BCUT2D eigenvalue weighted by Crippen LogP contribution is 2.23. The van der Waals surface area contributed by atoms with Crippen molar-refractivity contribution >= 4 is 11.8 Å². The van der Waals surface area contributed by atoms with Crippen LogP contribution in [0, 0.1) is 5.82 Å². The van der Waals surface area contributed by atoms with Crippen molar-refractivity contribution in [2.45, 2.75) is 65.5 Å². The third-order valence-corrected chi connectivity index (χ3v) is 5.26. The van der Waals surface area contributed by atoms with E-state index < -0.39 is 6.04 Å². The summed E-state index contributed by atoms with van der Waals surface area (Å²) >= 11 is 0. The predicted molar refractivity (Wildman–Crippen MR) is 119 cm³/mol. The normalized spacial score (nSPS) is 12.3. The van der Waals surface area contributed by atoms with Crippen LogP contribution in [-0.4, -0.2) is 29.3 Å². The zero-order valence-corrected chi connectivity index (χ0v) is 18.7. The second-order valence-corrected chi connectivity index (χ2v) is 8.63. The number of carbonyl (C=O) groups excluding carboxylic acids is 2. The van der Waals surface area contributed by atoms with E-state index >= 15 is 0 Å². The Morgan fingerprint density at radius 1 is 1.07 bits per heavy atom. The summed E-state index contributed by atoms with van der Waals surface area (Å²) in [4.78, 5) is 26.9. The average Bonchev–Trinajstić information content (AvgIpc) is 2.70. The Hall–Kier alpha value is -2.69. The first kappa shape index (κ1) is 23.6. The molecule has 0 saturated carbocycles. The summed E-state index contributed by atoms with van der Waals surface area (Å²) in [5.41, 5.74) is 2.78. The van der Waals surface area contributed by atoms with Crippen LogP contribution in [0.3, 0.4) is 0 Å². The molecule has 4 nitrogen and oxygen atoms in total. The summed E-state index contributed by atoms with van der Waals surface area (Å²) in [5.74, 6) is -0.787. The van der Waals surface area contributed by atoms with Crippen LogP contribution in [0.25, 0.3) is 0 Å². The van der Waals surface area contributed by atoms with Crippen molar-refractivity contribution in [1.82, 2.24) is 10.2 Å². The molecule has 2 rings (SSSR count). The Bertz CT molecular complexity index is 856. The van der Waals surface area contributed by atoms with Crippen LogP contribution in [-0.2, 0) is 28.0 Å². The van der Waals surface area contributed by atoms with Crippen LogP contribution in [0.15, 0.2) is 48.5 Å². The van der Waals surface area contributed by atoms with Gasteiger partial charge in [0.15, 0.2) is 0 Å². The summed E-state index contributed by atoms with van der Waals surface area (Å²) in [6.07, 6.45) is 0.826. The molecule has 0 aliphatic carbocycles. The van der Waals surface area contributed by atoms with Gasteiger partial charge in [0.2, 0.25) is 11.8 Å². The molecule has 0 aromatic heterocycles. The lowest BCUT2D eigenvalue weighted by atomic mass is 9.86. The molecule has 2 aromatic rings. The Balaban J connectivity index is 2.13. The van der Waals surface area contributed by atoms with Crippen molar-refractivity contribution < 1.29 is 14.0 Å². The Morgan fingerprint density at radius 3 is 2.27 bits per heavy atom. The van der Waals surface area contributed by atoms with Crippen LogP contribution < -0.4 is 5.32 Å². The van der Waals surface area contributed by atoms with Gasteiger partial charge in [0.05, 0.1) is 0 Å². The van der Waals surface area contributed by atoms with Gasteiger partial charge in [-0.05, 0) is 42.9 Å². The molecule has 1 atom stereocenters. The van der Waals surface area contributed by atoms with Gasteiger partial charge >= 0.3 is 0 Å². The molecule has 5 heteroatoms. The standard InChI is InChI=1S/C25H33FN2O2/c1-6-27-24(30)18(2)28(17-20-9-7-8-10-22(20)26)23(29)16-13-19-11-14-21(15-12-19)25(3,4)5/h7-12,14-15,18H,6,13,16-17H2,1-5H3,(H,27,30). The zero-order valence-electron chi connectivity index (χ0n) is 18.7. The quantitative estimate of drug-likeness (QED) is 0.688.